The molecule has 1 aromatic carbocycles. The zero-order valence-corrected chi connectivity index (χ0v) is 9.74. The standard InChI is InChI=1S/C12H16FN3O/c1-14-6-10-7-16(8-12(17)15-10)11-4-2-9(13)3-5-11/h2-5,10,14H,6-8H2,1H3,(H,15,17). The molecule has 1 unspecified atom stereocenters. The molecule has 17 heavy (non-hydrogen) atoms. The molecule has 1 atom stereocenters. The van der Waals surface area contributed by atoms with Gasteiger partial charge in [0.05, 0.1) is 12.6 Å². The number of nitrogens with one attached hydrogen (secondary N) is 2. The summed E-state index contributed by atoms with van der Waals surface area (Å²) in [6.07, 6.45) is 0. The number of amides is 1. The van der Waals surface area contributed by atoms with Gasteiger partial charge in [-0.2, -0.15) is 0 Å². The van der Waals surface area contributed by atoms with Gasteiger partial charge >= 0.3 is 0 Å². The lowest BCUT2D eigenvalue weighted by molar-refractivity contribution is -0.121. The molecule has 2 N–H and O–H groups in total. The van der Waals surface area contributed by atoms with Gasteiger partial charge in [0.1, 0.15) is 5.82 Å². The van der Waals surface area contributed by atoms with Crippen molar-refractivity contribution in [2.24, 2.45) is 0 Å². The van der Waals surface area contributed by atoms with Crippen molar-refractivity contribution in [3.8, 4) is 0 Å². The molecule has 2 rings (SSSR count). The van der Waals surface area contributed by atoms with Crippen molar-refractivity contribution in [2.75, 3.05) is 31.6 Å². The van der Waals surface area contributed by atoms with Crippen molar-refractivity contribution < 1.29 is 9.18 Å². The van der Waals surface area contributed by atoms with Gasteiger partial charge in [0.15, 0.2) is 0 Å². The van der Waals surface area contributed by atoms with Crippen LogP contribution in [0.5, 0.6) is 0 Å². The highest BCUT2D eigenvalue weighted by molar-refractivity contribution is 5.83. The summed E-state index contributed by atoms with van der Waals surface area (Å²) >= 11 is 0. The van der Waals surface area contributed by atoms with Gasteiger partial charge in [-0.05, 0) is 31.3 Å². The SMILES string of the molecule is CNCC1CN(c2ccc(F)cc2)CC(=O)N1. The fourth-order valence-corrected chi connectivity index (χ4v) is 2.03. The van der Waals surface area contributed by atoms with Crippen molar-refractivity contribution in [3.63, 3.8) is 0 Å². The van der Waals surface area contributed by atoms with Crippen molar-refractivity contribution in [1.82, 2.24) is 10.6 Å². The third-order valence-electron chi connectivity index (χ3n) is 2.78. The van der Waals surface area contributed by atoms with Gasteiger partial charge in [-0.1, -0.05) is 0 Å². The Morgan fingerprint density at radius 2 is 2.18 bits per heavy atom. The lowest BCUT2D eigenvalue weighted by Gasteiger charge is -2.34. The second-order valence-electron chi connectivity index (χ2n) is 4.18. The summed E-state index contributed by atoms with van der Waals surface area (Å²) < 4.78 is 12.8. The van der Waals surface area contributed by atoms with Gasteiger partial charge in [-0.25, -0.2) is 4.39 Å². The van der Waals surface area contributed by atoms with Gasteiger partial charge in [-0.15, -0.1) is 0 Å². The normalized spacial score (nSPS) is 20.2. The Labute approximate surface area is 99.8 Å². The summed E-state index contributed by atoms with van der Waals surface area (Å²) in [4.78, 5) is 13.5. The summed E-state index contributed by atoms with van der Waals surface area (Å²) in [5.74, 6) is -0.261. The molecule has 4 nitrogen and oxygen atoms in total. The van der Waals surface area contributed by atoms with Crippen LogP contribution in [0.4, 0.5) is 10.1 Å². The average Bonchev–Trinajstić information content (AvgIpc) is 2.29. The first-order valence-corrected chi connectivity index (χ1v) is 5.63. The second-order valence-corrected chi connectivity index (χ2v) is 4.18. The molecule has 0 radical (unpaired) electrons. The molecule has 0 aliphatic carbocycles. The fraction of sp³-hybridized carbons (Fsp3) is 0.417. The number of benzene rings is 1. The Morgan fingerprint density at radius 1 is 1.47 bits per heavy atom. The van der Waals surface area contributed by atoms with Gasteiger partial charge in [0.25, 0.3) is 0 Å². The van der Waals surface area contributed by atoms with E-state index in [0.717, 1.165) is 18.8 Å². The summed E-state index contributed by atoms with van der Waals surface area (Å²) in [6.45, 7) is 1.79. The molecule has 5 heteroatoms. The van der Waals surface area contributed by atoms with Crippen LogP contribution in [0, 0.1) is 5.82 Å². The number of hydrogen-bond acceptors (Lipinski definition) is 3. The Kier molecular flexibility index (Phi) is 3.58. The molecule has 0 spiro atoms. The lowest BCUT2D eigenvalue weighted by atomic mass is 10.1. The Balaban J connectivity index is 2.09. The van der Waals surface area contributed by atoms with Crippen molar-refractivity contribution in [3.05, 3.63) is 30.1 Å². The third-order valence-corrected chi connectivity index (χ3v) is 2.78. The minimum absolute atomic E-state index is 0.000764. The predicted octanol–water partition coefficient (Wildman–Crippen LogP) is 0.350. The molecular weight excluding hydrogens is 221 g/mol. The van der Waals surface area contributed by atoms with Crippen molar-refractivity contribution >= 4 is 11.6 Å². The number of hydrogen-bond donors (Lipinski definition) is 2. The summed E-state index contributed by atoms with van der Waals surface area (Å²) in [5, 5.41) is 5.95. The van der Waals surface area contributed by atoms with Crippen LogP contribution in [0.25, 0.3) is 0 Å². The molecule has 0 bridgehead atoms. The first-order chi connectivity index (χ1) is 8.19. The molecule has 0 saturated carbocycles. The van der Waals surface area contributed by atoms with Gasteiger partial charge in [0, 0.05) is 18.8 Å². The van der Waals surface area contributed by atoms with E-state index in [0.29, 0.717) is 6.54 Å². The molecule has 0 aromatic heterocycles. The van der Waals surface area contributed by atoms with E-state index in [1.54, 1.807) is 12.1 Å². The van der Waals surface area contributed by atoms with Gasteiger partial charge in [-0.3, -0.25) is 4.79 Å². The summed E-state index contributed by atoms with van der Waals surface area (Å²) in [6, 6.07) is 6.31. The summed E-state index contributed by atoms with van der Waals surface area (Å²) in [5.41, 5.74) is 0.877. The van der Waals surface area contributed by atoms with Crippen LogP contribution in [-0.2, 0) is 4.79 Å². The predicted molar refractivity (Wildman–Crippen MR) is 64.5 cm³/mol. The zero-order valence-electron chi connectivity index (χ0n) is 9.74. The van der Waals surface area contributed by atoms with Crippen LogP contribution in [0.1, 0.15) is 0 Å². The number of carbonyl (C=O) groups is 1. The van der Waals surface area contributed by atoms with E-state index in [1.807, 2.05) is 11.9 Å². The number of carbonyl (C=O) groups excluding carboxylic acids is 1. The second kappa shape index (κ2) is 5.14. The number of nitrogens with zero attached hydrogens (tertiary/aromatic N) is 1. The fourth-order valence-electron chi connectivity index (χ4n) is 2.03. The maximum Gasteiger partial charge on any atom is 0.239 e. The highest BCUT2D eigenvalue weighted by Crippen LogP contribution is 2.16. The topological polar surface area (TPSA) is 44.4 Å². The van der Waals surface area contributed by atoms with Crippen molar-refractivity contribution in [2.45, 2.75) is 6.04 Å². The summed E-state index contributed by atoms with van der Waals surface area (Å²) in [7, 11) is 1.85. The Hall–Kier alpha value is -1.62. The van der Waals surface area contributed by atoms with Crippen LogP contribution in [0.2, 0.25) is 0 Å². The number of likely N-dealkylation sites (N-methyl/N-ethyl adjacent to an activating group) is 1. The third kappa shape index (κ3) is 2.94. The minimum atomic E-state index is -0.262. The Morgan fingerprint density at radius 3 is 2.82 bits per heavy atom. The monoisotopic (exact) mass is 237 g/mol. The first kappa shape index (κ1) is 11.9. The van der Waals surface area contributed by atoms with E-state index in [2.05, 4.69) is 10.6 Å². The largest absolute Gasteiger partial charge is 0.360 e. The minimum Gasteiger partial charge on any atom is -0.360 e. The van der Waals surface area contributed by atoms with Crippen LogP contribution < -0.4 is 15.5 Å². The van der Waals surface area contributed by atoms with Crippen molar-refractivity contribution in [1.29, 1.82) is 0 Å². The van der Waals surface area contributed by atoms with E-state index in [-0.39, 0.29) is 17.8 Å². The van der Waals surface area contributed by atoms with Crippen LogP contribution in [0.3, 0.4) is 0 Å². The molecule has 1 fully saturated rings. The zero-order chi connectivity index (χ0) is 12.3. The van der Waals surface area contributed by atoms with Crippen LogP contribution in [-0.4, -0.2) is 38.6 Å². The van der Waals surface area contributed by atoms with E-state index in [9.17, 15) is 9.18 Å². The Bertz CT molecular complexity index is 393. The molecule has 1 heterocycles. The number of anilines is 1. The molecule has 1 aliphatic rings. The number of rotatable bonds is 3. The molecule has 1 aliphatic heterocycles. The average molecular weight is 237 g/mol. The first-order valence-electron chi connectivity index (χ1n) is 5.63. The maximum absolute atomic E-state index is 12.8. The highest BCUT2D eigenvalue weighted by atomic mass is 19.1. The smallest absolute Gasteiger partial charge is 0.239 e. The van der Waals surface area contributed by atoms with Gasteiger partial charge in [0.2, 0.25) is 5.91 Å². The van der Waals surface area contributed by atoms with E-state index < -0.39 is 0 Å². The molecule has 1 saturated heterocycles. The highest BCUT2D eigenvalue weighted by Gasteiger charge is 2.23. The van der Waals surface area contributed by atoms with Crippen LogP contribution in [0.15, 0.2) is 24.3 Å². The lowest BCUT2D eigenvalue weighted by Crippen LogP contribution is -2.57. The molecule has 1 aromatic rings. The number of piperazine rings is 1. The van der Waals surface area contributed by atoms with E-state index in [1.165, 1.54) is 12.1 Å². The maximum atomic E-state index is 12.8. The van der Waals surface area contributed by atoms with Gasteiger partial charge < -0.3 is 15.5 Å². The number of halogens is 1. The quantitative estimate of drug-likeness (QED) is 0.797. The van der Waals surface area contributed by atoms with E-state index in [4.69, 9.17) is 0 Å². The molecule has 92 valence electrons. The molecular formula is C12H16FN3O. The van der Waals surface area contributed by atoms with Crippen LogP contribution >= 0.6 is 0 Å². The molecule has 1 amide bonds. The van der Waals surface area contributed by atoms with E-state index >= 15 is 0 Å².